The van der Waals surface area contributed by atoms with E-state index in [1.807, 2.05) is 19.1 Å². The number of hydrogen-bond acceptors (Lipinski definition) is 3. The lowest BCUT2D eigenvalue weighted by Gasteiger charge is -2.16. The molecule has 0 saturated heterocycles. The molecule has 0 heterocycles. The number of ether oxygens (including phenoxy) is 1. The van der Waals surface area contributed by atoms with Crippen LogP contribution in [0.3, 0.4) is 0 Å². The number of halogens is 1. The maximum Gasteiger partial charge on any atom is 0.233 e. The summed E-state index contributed by atoms with van der Waals surface area (Å²) in [7, 11) is 0. The molecule has 0 unspecified atom stereocenters. The third-order valence-corrected chi connectivity index (χ3v) is 3.79. The number of aryl methyl sites for hydroxylation is 1. The fourth-order valence-electron chi connectivity index (χ4n) is 2.07. The van der Waals surface area contributed by atoms with Gasteiger partial charge in [-0.05, 0) is 55.4 Å². The number of benzene rings is 1. The van der Waals surface area contributed by atoms with Gasteiger partial charge in [0, 0.05) is 11.4 Å². The Morgan fingerprint density at radius 2 is 2.05 bits per heavy atom. The molecule has 1 rings (SSSR count). The summed E-state index contributed by atoms with van der Waals surface area (Å²) in [6.45, 7) is 6.87. The second kappa shape index (κ2) is 8.90. The zero-order valence-electron chi connectivity index (χ0n) is 13.0. The molecule has 3 N–H and O–H groups in total. The molecule has 0 aliphatic carbocycles. The van der Waals surface area contributed by atoms with Crippen molar-refractivity contribution in [2.24, 2.45) is 5.84 Å². The van der Waals surface area contributed by atoms with Gasteiger partial charge in [0.15, 0.2) is 0 Å². The van der Waals surface area contributed by atoms with Gasteiger partial charge in [-0.2, -0.15) is 0 Å². The molecule has 5 heteroatoms. The van der Waals surface area contributed by atoms with E-state index in [0.717, 1.165) is 41.2 Å². The average Bonchev–Trinajstić information content (AvgIpc) is 2.45. The lowest BCUT2D eigenvalue weighted by molar-refractivity contribution is -0.121. The number of amides is 1. The number of carbonyl (C=O) groups excluding carboxylic acids is 1. The monoisotopic (exact) mass is 312 g/mol. The summed E-state index contributed by atoms with van der Waals surface area (Å²) in [6.07, 6.45) is 3.14. The summed E-state index contributed by atoms with van der Waals surface area (Å²) < 4.78 is 5.88. The van der Waals surface area contributed by atoms with Crippen LogP contribution >= 0.6 is 11.6 Å². The van der Waals surface area contributed by atoms with E-state index in [9.17, 15) is 4.79 Å². The molecule has 1 amide bonds. The van der Waals surface area contributed by atoms with Crippen LogP contribution < -0.4 is 16.0 Å². The van der Waals surface area contributed by atoms with Crippen LogP contribution in [0.25, 0.3) is 0 Å². The third-order valence-electron chi connectivity index (χ3n) is 3.38. The SMILES string of the molecule is Cc1cc(OCCCCCC(=O)NN)c(C(C)C)cc1Cl. The number of nitrogens with two attached hydrogens (primary N) is 1. The summed E-state index contributed by atoms with van der Waals surface area (Å²) in [5.74, 6) is 6.18. The third kappa shape index (κ3) is 5.94. The van der Waals surface area contributed by atoms with Gasteiger partial charge in [-0.1, -0.05) is 25.4 Å². The van der Waals surface area contributed by atoms with Crippen molar-refractivity contribution in [3.63, 3.8) is 0 Å². The van der Waals surface area contributed by atoms with Crippen LogP contribution in [0.15, 0.2) is 12.1 Å². The molecule has 0 aromatic heterocycles. The van der Waals surface area contributed by atoms with E-state index in [2.05, 4.69) is 19.3 Å². The Hall–Kier alpha value is -1.26. The molecule has 0 radical (unpaired) electrons. The van der Waals surface area contributed by atoms with Crippen LogP contribution in [-0.2, 0) is 4.79 Å². The predicted octanol–water partition coefficient (Wildman–Crippen LogP) is 3.70. The molecule has 0 atom stereocenters. The Balaban J connectivity index is 2.44. The maximum atomic E-state index is 11.0. The normalized spacial score (nSPS) is 10.8. The van der Waals surface area contributed by atoms with Gasteiger partial charge in [0.25, 0.3) is 0 Å². The molecular formula is C16H25ClN2O2. The molecule has 0 spiro atoms. The van der Waals surface area contributed by atoms with E-state index in [1.54, 1.807) is 0 Å². The molecule has 21 heavy (non-hydrogen) atoms. The minimum atomic E-state index is -0.119. The first-order valence-corrected chi connectivity index (χ1v) is 7.75. The van der Waals surface area contributed by atoms with E-state index >= 15 is 0 Å². The van der Waals surface area contributed by atoms with Gasteiger partial charge in [-0.3, -0.25) is 10.2 Å². The zero-order valence-corrected chi connectivity index (χ0v) is 13.8. The highest BCUT2D eigenvalue weighted by atomic mass is 35.5. The topological polar surface area (TPSA) is 64.3 Å². The summed E-state index contributed by atoms with van der Waals surface area (Å²) in [5, 5.41) is 0.777. The van der Waals surface area contributed by atoms with E-state index in [4.69, 9.17) is 22.2 Å². The minimum absolute atomic E-state index is 0.119. The fraction of sp³-hybridized carbons (Fsp3) is 0.562. The second-order valence-electron chi connectivity index (χ2n) is 5.52. The lowest BCUT2D eigenvalue weighted by Crippen LogP contribution is -2.29. The Kier molecular flexibility index (Phi) is 7.54. The van der Waals surface area contributed by atoms with Crippen molar-refractivity contribution in [3.8, 4) is 5.75 Å². The minimum Gasteiger partial charge on any atom is -0.493 e. The van der Waals surface area contributed by atoms with Crippen molar-refractivity contribution in [1.82, 2.24) is 5.43 Å². The van der Waals surface area contributed by atoms with Crippen LogP contribution in [-0.4, -0.2) is 12.5 Å². The first-order valence-electron chi connectivity index (χ1n) is 7.38. The van der Waals surface area contributed by atoms with E-state index in [1.165, 1.54) is 0 Å². The van der Waals surface area contributed by atoms with Gasteiger partial charge >= 0.3 is 0 Å². The van der Waals surface area contributed by atoms with Crippen LogP contribution in [0, 0.1) is 6.92 Å². The summed E-state index contributed by atoms with van der Waals surface area (Å²) in [5.41, 5.74) is 4.29. The highest BCUT2D eigenvalue weighted by molar-refractivity contribution is 6.31. The lowest BCUT2D eigenvalue weighted by atomic mass is 10.0. The van der Waals surface area contributed by atoms with Crippen LogP contribution in [0.5, 0.6) is 5.75 Å². The van der Waals surface area contributed by atoms with Crippen LogP contribution in [0.2, 0.25) is 5.02 Å². The number of nitrogens with one attached hydrogen (secondary N) is 1. The zero-order chi connectivity index (χ0) is 15.8. The smallest absolute Gasteiger partial charge is 0.233 e. The summed E-state index contributed by atoms with van der Waals surface area (Å²) >= 11 is 6.17. The van der Waals surface area contributed by atoms with E-state index in [0.29, 0.717) is 18.9 Å². The molecule has 0 bridgehead atoms. The molecule has 118 valence electrons. The Morgan fingerprint density at radius 3 is 2.67 bits per heavy atom. The Labute approximate surface area is 132 Å². The van der Waals surface area contributed by atoms with Gasteiger partial charge < -0.3 is 4.74 Å². The first kappa shape index (κ1) is 17.8. The molecule has 0 aliphatic heterocycles. The summed E-state index contributed by atoms with van der Waals surface area (Å²) in [4.78, 5) is 11.0. The van der Waals surface area contributed by atoms with E-state index in [-0.39, 0.29) is 5.91 Å². The standard InChI is InChI=1S/C16H25ClN2O2/c1-11(2)13-10-14(17)12(3)9-15(13)21-8-6-4-5-7-16(20)19-18/h9-11H,4-8,18H2,1-3H3,(H,19,20). The maximum absolute atomic E-state index is 11.0. The number of unbranched alkanes of at least 4 members (excludes halogenated alkanes) is 2. The number of hydrazine groups is 1. The van der Waals surface area contributed by atoms with Crippen molar-refractivity contribution in [2.75, 3.05) is 6.61 Å². The Bertz CT molecular complexity index is 476. The number of hydrogen-bond donors (Lipinski definition) is 2. The second-order valence-corrected chi connectivity index (χ2v) is 5.93. The fourth-order valence-corrected chi connectivity index (χ4v) is 2.24. The number of rotatable bonds is 8. The quantitative estimate of drug-likeness (QED) is 0.333. The van der Waals surface area contributed by atoms with Crippen molar-refractivity contribution >= 4 is 17.5 Å². The summed E-state index contributed by atoms with van der Waals surface area (Å²) in [6, 6.07) is 3.99. The molecule has 0 aliphatic rings. The van der Waals surface area contributed by atoms with Crippen molar-refractivity contribution in [2.45, 2.75) is 52.4 Å². The first-order chi connectivity index (χ1) is 9.95. The van der Waals surface area contributed by atoms with Gasteiger partial charge in [0.05, 0.1) is 6.61 Å². The van der Waals surface area contributed by atoms with Crippen molar-refractivity contribution in [1.29, 1.82) is 0 Å². The molecule has 4 nitrogen and oxygen atoms in total. The molecule has 1 aromatic carbocycles. The van der Waals surface area contributed by atoms with Gasteiger partial charge in [0.2, 0.25) is 5.91 Å². The highest BCUT2D eigenvalue weighted by Gasteiger charge is 2.11. The van der Waals surface area contributed by atoms with Crippen LogP contribution in [0.1, 0.15) is 56.6 Å². The van der Waals surface area contributed by atoms with Crippen LogP contribution in [0.4, 0.5) is 0 Å². The number of carbonyl (C=O) groups is 1. The van der Waals surface area contributed by atoms with Gasteiger partial charge in [-0.25, -0.2) is 5.84 Å². The molecular weight excluding hydrogens is 288 g/mol. The van der Waals surface area contributed by atoms with Crippen molar-refractivity contribution in [3.05, 3.63) is 28.3 Å². The van der Waals surface area contributed by atoms with Crippen molar-refractivity contribution < 1.29 is 9.53 Å². The molecule has 0 fully saturated rings. The predicted molar refractivity (Wildman–Crippen MR) is 86.6 cm³/mol. The largest absolute Gasteiger partial charge is 0.493 e. The van der Waals surface area contributed by atoms with Gasteiger partial charge in [0.1, 0.15) is 5.75 Å². The highest BCUT2D eigenvalue weighted by Crippen LogP contribution is 2.32. The average molecular weight is 313 g/mol. The molecule has 1 aromatic rings. The van der Waals surface area contributed by atoms with Gasteiger partial charge in [-0.15, -0.1) is 0 Å². The molecule has 0 saturated carbocycles. The van der Waals surface area contributed by atoms with E-state index < -0.39 is 0 Å². The Morgan fingerprint density at radius 1 is 1.33 bits per heavy atom.